The summed E-state index contributed by atoms with van der Waals surface area (Å²) in [6, 6.07) is 16.9. The van der Waals surface area contributed by atoms with Crippen LogP contribution in [0, 0.1) is 0 Å². The van der Waals surface area contributed by atoms with Gasteiger partial charge in [-0.15, -0.1) is 0 Å². The molecule has 0 N–H and O–H groups in total. The van der Waals surface area contributed by atoms with E-state index in [1.54, 1.807) is 21.9 Å². The molecule has 6 nitrogen and oxygen atoms in total. The first-order valence-electron chi connectivity index (χ1n) is 8.73. The summed E-state index contributed by atoms with van der Waals surface area (Å²) in [5.74, 6) is 0.560. The van der Waals surface area contributed by atoms with Gasteiger partial charge in [-0.05, 0) is 29.8 Å². The molecule has 27 heavy (non-hydrogen) atoms. The number of nitrogens with zero attached hydrogens (tertiary/aromatic N) is 2. The highest BCUT2D eigenvalue weighted by Crippen LogP contribution is 2.16. The summed E-state index contributed by atoms with van der Waals surface area (Å²) in [4.78, 5) is 27.8. The first kappa shape index (κ1) is 19.2. The van der Waals surface area contributed by atoms with Crippen molar-refractivity contribution < 1.29 is 19.1 Å². The third-order valence-electron chi connectivity index (χ3n) is 4.27. The molecule has 0 unspecified atom stereocenters. The Morgan fingerprint density at radius 2 is 1.52 bits per heavy atom. The molecule has 3 rings (SSSR count). The van der Waals surface area contributed by atoms with Gasteiger partial charge in [-0.25, -0.2) is 4.79 Å². The number of carbonyl (C=O) groups is 2. The van der Waals surface area contributed by atoms with Crippen molar-refractivity contribution in [1.82, 2.24) is 9.80 Å². The molecule has 0 saturated carbocycles. The van der Waals surface area contributed by atoms with Crippen molar-refractivity contribution in [2.45, 2.75) is 6.61 Å². The van der Waals surface area contributed by atoms with E-state index in [-0.39, 0.29) is 25.2 Å². The number of hydrogen-bond donors (Lipinski definition) is 0. The maximum atomic E-state index is 12.3. The van der Waals surface area contributed by atoms with Crippen molar-refractivity contribution in [3.05, 3.63) is 64.6 Å². The SMILES string of the molecule is O=C(COc1ccc(Br)cc1)N1CCN(C(=O)OCc2ccccc2)CC1. The molecule has 0 aliphatic carbocycles. The van der Waals surface area contributed by atoms with Gasteiger partial charge in [0.25, 0.3) is 5.91 Å². The predicted molar refractivity (Wildman–Crippen MR) is 104 cm³/mol. The van der Waals surface area contributed by atoms with E-state index in [0.717, 1.165) is 10.0 Å². The van der Waals surface area contributed by atoms with Gasteiger partial charge >= 0.3 is 6.09 Å². The first-order valence-corrected chi connectivity index (χ1v) is 9.53. The van der Waals surface area contributed by atoms with Crippen molar-refractivity contribution in [1.29, 1.82) is 0 Å². The lowest BCUT2D eigenvalue weighted by atomic mass is 10.2. The van der Waals surface area contributed by atoms with Crippen LogP contribution in [0.4, 0.5) is 4.79 Å². The van der Waals surface area contributed by atoms with Crippen LogP contribution < -0.4 is 4.74 Å². The van der Waals surface area contributed by atoms with E-state index >= 15 is 0 Å². The second-order valence-corrected chi connectivity index (χ2v) is 7.07. The summed E-state index contributed by atoms with van der Waals surface area (Å²) in [6.45, 7) is 2.10. The van der Waals surface area contributed by atoms with E-state index < -0.39 is 0 Å². The van der Waals surface area contributed by atoms with Gasteiger partial charge in [0.1, 0.15) is 12.4 Å². The highest BCUT2D eigenvalue weighted by Gasteiger charge is 2.25. The highest BCUT2D eigenvalue weighted by atomic mass is 79.9. The molecule has 7 heteroatoms. The third kappa shape index (κ3) is 5.72. The van der Waals surface area contributed by atoms with Crippen molar-refractivity contribution in [3.63, 3.8) is 0 Å². The molecular weight excluding hydrogens is 412 g/mol. The number of amides is 2. The number of carbonyl (C=O) groups excluding carboxylic acids is 2. The molecule has 1 saturated heterocycles. The van der Waals surface area contributed by atoms with E-state index in [0.29, 0.717) is 31.9 Å². The van der Waals surface area contributed by atoms with E-state index in [4.69, 9.17) is 9.47 Å². The Labute approximate surface area is 166 Å². The highest BCUT2D eigenvalue weighted by molar-refractivity contribution is 9.10. The van der Waals surface area contributed by atoms with Crippen molar-refractivity contribution in [3.8, 4) is 5.75 Å². The van der Waals surface area contributed by atoms with Gasteiger partial charge < -0.3 is 19.3 Å². The normalized spacial score (nSPS) is 14.0. The lowest BCUT2D eigenvalue weighted by Crippen LogP contribution is -2.51. The lowest BCUT2D eigenvalue weighted by Gasteiger charge is -2.34. The first-order chi connectivity index (χ1) is 13.1. The molecule has 1 fully saturated rings. The second-order valence-electron chi connectivity index (χ2n) is 6.15. The van der Waals surface area contributed by atoms with E-state index in [1.807, 2.05) is 42.5 Å². The van der Waals surface area contributed by atoms with Crippen molar-refractivity contribution >= 4 is 27.9 Å². The maximum absolute atomic E-state index is 12.3. The van der Waals surface area contributed by atoms with Gasteiger partial charge in [0.05, 0.1) is 0 Å². The number of ether oxygens (including phenoxy) is 2. The summed E-state index contributed by atoms with van der Waals surface area (Å²) in [6.07, 6.45) is -0.350. The average molecular weight is 433 g/mol. The van der Waals surface area contributed by atoms with Gasteiger partial charge in [0.2, 0.25) is 0 Å². The van der Waals surface area contributed by atoms with Crippen LogP contribution in [-0.2, 0) is 16.1 Å². The zero-order valence-corrected chi connectivity index (χ0v) is 16.4. The van der Waals surface area contributed by atoms with Gasteiger partial charge in [-0.3, -0.25) is 4.79 Å². The molecule has 0 atom stereocenters. The summed E-state index contributed by atoms with van der Waals surface area (Å²) in [7, 11) is 0. The fraction of sp³-hybridized carbons (Fsp3) is 0.300. The molecule has 2 aromatic carbocycles. The molecule has 0 bridgehead atoms. The fourth-order valence-corrected chi connectivity index (χ4v) is 2.98. The quantitative estimate of drug-likeness (QED) is 0.726. The van der Waals surface area contributed by atoms with E-state index in [9.17, 15) is 9.59 Å². The Morgan fingerprint density at radius 3 is 2.19 bits per heavy atom. The summed E-state index contributed by atoms with van der Waals surface area (Å²) in [5.41, 5.74) is 0.949. The van der Waals surface area contributed by atoms with Crippen LogP contribution >= 0.6 is 15.9 Å². The number of halogens is 1. The minimum Gasteiger partial charge on any atom is -0.484 e. The third-order valence-corrected chi connectivity index (χ3v) is 4.80. The minimum atomic E-state index is -0.350. The van der Waals surface area contributed by atoms with Gasteiger partial charge in [0, 0.05) is 30.7 Å². The molecule has 2 aromatic rings. The van der Waals surface area contributed by atoms with Gasteiger partial charge in [0.15, 0.2) is 6.61 Å². The topological polar surface area (TPSA) is 59.1 Å². The Kier molecular flexibility index (Phi) is 6.70. The maximum Gasteiger partial charge on any atom is 0.410 e. The Morgan fingerprint density at radius 1 is 0.889 bits per heavy atom. The van der Waals surface area contributed by atoms with Gasteiger partial charge in [-0.2, -0.15) is 0 Å². The number of piperazine rings is 1. The van der Waals surface area contributed by atoms with E-state index in [2.05, 4.69) is 15.9 Å². The molecule has 0 radical (unpaired) electrons. The molecule has 1 heterocycles. The van der Waals surface area contributed by atoms with Crippen LogP contribution in [0.5, 0.6) is 5.75 Å². The zero-order chi connectivity index (χ0) is 19.1. The number of benzene rings is 2. The zero-order valence-electron chi connectivity index (χ0n) is 14.8. The summed E-state index contributed by atoms with van der Waals surface area (Å²) >= 11 is 3.36. The molecule has 0 aromatic heterocycles. The monoisotopic (exact) mass is 432 g/mol. The molecule has 1 aliphatic heterocycles. The van der Waals surface area contributed by atoms with Crippen LogP contribution in [0.25, 0.3) is 0 Å². The van der Waals surface area contributed by atoms with Crippen LogP contribution in [0.2, 0.25) is 0 Å². The number of hydrogen-bond acceptors (Lipinski definition) is 4. The summed E-state index contributed by atoms with van der Waals surface area (Å²) < 4.78 is 11.8. The van der Waals surface area contributed by atoms with Crippen LogP contribution in [0.1, 0.15) is 5.56 Å². The smallest absolute Gasteiger partial charge is 0.410 e. The standard InChI is InChI=1S/C20H21BrN2O4/c21-17-6-8-18(9-7-17)26-15-19(24)22-10-12-23(13-11-22)20(25)27-14-16-4-2-1-3-5-16/h1-9H,10-15H2. The van der Waals surface area contributed by atoms with Gasteiger partial charge in [-0.1, -0.05) is 46.3 Å². The average Bonchev–Trinajstić information content (AvgIpc) is 2.72. The molecule has 0 spiro atoms. The number of rotatable bonds is 5. The van der Waals surface area contributed by atoms with E-state index in [1.165, 1.54) is 0 Å². The fourth-order valence-electron chi connectivity index (χ4n) is 2.72. The van der Waals surface area contributed by atoms with Crippen molar-refractivity contribution in [2.75, 3.05) is 32.8 Å². The van der Waals surface area contributed by atoms with Crippen LogP contribution in [-0.4, -0.2) is 54.6 Å². The molecule has 2 amide bonds. The Balaban J connectivity index is 1.39. The second kappa shape index (κ2) is 9.41. The van der Waals surface area contributed by atoms with Crippen molar-refractivity contribution in [2.24, 2.45) is 0 Å². The molecule has 142 valence electrons. The molecule has 1 aliphatic rings. The molecular formula is C20H21BrN2O4. The predicted octanol–water partition coefficient (Wildman–Crippen LogP) is 3.31. The Hall–Kier alpha value is -2.54. The lowest BCUT2D eigenvalue weighted by molar-refractivity contribution is -0.135. The van der Waals surface area contributed by atoms with Crippen LogP contribution in [0.15, 0.2) is 59.1 Å². The minimum absolute atomic E-state index is 0.0138. The Bertz CT molecular complexity index is 759. The largest absolute Gasteiger partial charge is 0.484 e. The van der Waals surface area contributed by atoms with Crippen LogP contribution in [0.3, 0.4) is 0 Å². The summed E-state index contributed by atoms with van der Waals surface area (Å²) in [5, 5.41) is 0.